The largest absolute Gasteiger partial charge is 0.507 e. The number of rotatable bonds is 3. The molecule has 2 aromatic heterocycles. The van der Waals surface area contributed by atoms with E-state index in [1.807, 2.05) is 60.3 Å². The van der Waals surface area contributed by atoms with E-state index in [-0.39, 0.29) is 25.9 Å². The van der Waals surface area contributed by atoms with Crippen molar-refractivity contribution in [3.05, 3.63) is 114 Å². The summed E-state index contributed by atoms with van der Waals surface area (Å²) < 4.78 is 1.99. The van der Waals surface area contributed by atoms with Crippen molar-refractivity contribution in [1.82, 2.24) is 14.5 Å². The van der Waals surface area contributed by atoms with Crippen molar-refractivity contribution in [3.63, 3.8) is 0 Å². The van der Waals surface area contributed by atoms with E-state index in [4.69, 9.17) is 0 Å². The van der Waals surface area contributed by atoms with E-state index in [0.717, 1.165) is 39.2 Å². The number of nitrogens with zero attached hydrogens (tertiary/aromatic N) is 3. The van der Waals surface area contributed by atoms with Crippen LogP contribution in [0, 0.1) is 19.9 Å². The monoisotopic (exact) mass is 691 g/mol. The molecule has 6 aromatic rings. The molecule has 0 aliphatic rings. The molecule has 39 heavy (non-hydrogen) atoms. The molecule has 2 heterocycles. The van der Waals surface area contributed by atoms with Gasteiger partial charge in [0.05, 0.1) is 16.6 Å². The summed E-state index contributed by atoms with van der Waals surface area (Å²) in [6, 6.07) is 31.7. The number of para-hydroxylation sites is 3. The molecular weight excluding hydrogens is 659 g/mol. The second kappa shape index (κ2) is 11.9. The third-order valence-corrected chi connectivity index (χ3v) is 6.79. The number of benzene rings is 4. The number of aromatic nitrogens is 3. The maximum Gasteiger partial charge on any atom is 0.144 e. The maximum absolute atomic E-state index is 9.86. The minimum atomic E-state index is 0. The van der Waals surface area contributed by atoms with Gasteiger partial charge in [0.15, 0.2) is 0 Å². The zero-order chi connectivity index (χ0) is 26.8. The standard InChI is InChI=1S/C20H20N.C14H12N2O.Ir/c1-13(2)17-6-5-16-7-8-21-20(19(16)12-17)18-10-14(3)9-15(4)11-18;1-16-12-8-4-3-7-11(12)15-14(16)10-6-2-5-9-13(10)17;/h5-10,12-13H,1-4H3;2-9,17H,1H3;/q-1;;. The van der Waals surface area contributed by atoms with Crippen LogP contribution in [0.1, 0.15) is 36.5 Å². The van der Waals surface area contributed by atoms with Crippen molar-refractivity contribution in [2.75, 3.05) is 0 Å². The van der Waals surface area contributed by atoms with Crippen LogP contribution >= 0.6 is 0 Å². The molecule has 0 unspecified atom stereocenters. The summed E-state index contributed by atoms with van der Waals surface area (Å²) >= 11 is 0. The molecule has 6 rings (SSSR count). The molecule has 199 valence electrons. The molecule has 0 bridgehead atoms. The van der Waals surface area contributed by atoms with E-state index in [2.05, 4.69) is 80.1 Å². The summed E-state index contributed by atoms with van der Waals surface area (Å²) in [6.07, 6.45) is 1.89. The van der Waals surface area contributed by atoms with E-state index < -0.39 is 0 Å². The zero-order valence-electron chi connectivity index (χ0n) is 22.9. The quantitative estimate of drug-likeness (QED) is 0.190. The SMILES string of the molecule is Cc1[c-]c(-c2nccc3ccc(C(C)C)cc23)cc(C)c1.Cn1c(-c2ccccc2O)nc2ccccc21.[Ir]. The van der Waals surface area contributed by atoms with Gasteiger partial charge in [0, 0.05) is 33.3 Å². The topological polar surface area (TPSA) is 50.9 Å². The van der Waals surface area contributed by atoms with Crippen molar-refractivity contribution in [2.45, 2.75) is 33.6 Å². The first kappa shape index (κ1) is 28.2. The van der Waals surface area contributed by atoms with Gasteiger partial charge in [-0.3, -0.25) is 0 Å². The van der Waals surface area contributed by atoms with E-state index >= 15 is 0 Å². The summed E-state index contributed by atoms with van der Waals surface area (Å²) in [5, 5.41) is 12.3. The number of fused-ring (bicyclic) bond motifs is 2. The smallest absolute Gasteiger partial charge is 0.144 e. The number of phenolic OH excluding ortho intramolecular Hbond substituents is 1. The summed E-state index contributed by atoms with van der Waals surface area (Å²) in [7, 11) is 1.96. The Labute approximate surface area is 243 Å². The van der Waals surface area contributed by atoms with Crippen LogP contribution in [0.3, 0.4) is 0 Å². The fourth-order valence-corrected chi connectivity index (χ4v) is 4.83. The molecule has 1 radical (unpaired) electrons. The van der Waals surface area contributed by atoms with Gasteiger partial charge in [-0.05, 0) is 58.3 Å². The Kier molecular flexibility index (Phi) is 8.64. The Bertz CT molecular complexity index is 1730. The molecule has 0 aliphatic heterocycles. The predicted octanol–water partition coefficient (Wildman–Crippen LogP) is 8.39. The van der Waals surface area contributed by atoms with Gasteiger partial charge in [-0.1, -0.05) is 70.2 Å². The van der Waals surface area contributed by atoms with Crippen molar-refractivity contribution < 1.29 is 25.2 Å². The Morgan fingerprint density at radius 2 is 1.62 bits per heavy atom. The summed E-state index contributed by atoms with van der Waals surface area (Å²) in [6.45, 7) is 8.65. The van der Waals surface area contributed by atoms with Crippen LogP contribution in [0.15, 0.2) is 91.1 Å². The van der Waals surface area contributed by atoms with E-state index in [0.29, 0.717) is 5.92 Å². The minimum absolute atomic E-state index is 0. The average molecular weight is 691 g/mol. The van der Waals surface area contributed by atoms with Crippen LogP contribution < -0.4 is 0 Å². The first-order valence-corrected chi connectivity index (χ1v) is 12.9. The van der Waals surface area contributed by atoms with Gasteiger partial charge in [-0.2, -0.15) is 0 Å². The Morgan fingerprint density at radius 1 is 0.872 bits per heavy atom. The van der Waals surface area contributed by atoms with Gasteiger partial charge in [-0.25, -0.2) is 4.98 Å². The van der Waals surface area contributed by atoms with Gasteiger partial charge >= 0.3 is 0 Å². The molecule has 4 nitrogen and oxygen atoms in total. The molecule has 0 saturated carbocycles. The van der Waals surface area contributed by atoms with Gasteiger partial charge < -0.3 is 14.7 Å². The van der Waals surface area contributed by atoms with Crippen molar-refractivity contribution >= 4 is 21.8 Å². The number of phenols is 1. The minimum Gasteiger partial charge on any atom is -0.507 e. The molecule has 1 N–H and O–H groups in total. The molecule has 0 amide bonds. The van der Waals surface area contributed by atoms with Crippen LogP contribution in [0.2, 0.25) is 0 Å². The fourth-order valence-electron chi connectivity index (χ4n) is 4.83. The molecular formula is C34H32IrN3O-. The van der Waals surface area contributed by atoms with Crippen molar-refractivity contribution in [1.29, 1.82) is 0 Å². The van der Waals surface area contributed by atoms with E-state index in [9.17, 15) is 5.11 Å². The summed E-state index contributed by atoms with van der Waals surface area (Å²) in [4.78, 5) is 9.17. The van der Waals surface area contributed by atoms with E-state index in [1.165, 1.54) is 21.9 Å². The first-order valence-electron chi connectivity index (χ1n) is 12.9. The third kappa shape index (κ3) is 5.95. The molecule has 5 heteroatoms. The number of imidazole rings is 1. The van der Waals surface area contributed by atoms with Crippen LogP contribution in [-0.2, 0) is 27.2 Å². The molecule has 0 saturated heterocycles. The van der Waals surface area contributed by atoms with Crippen molar-refractivity contribution in [3.8, 4) is 28.4 Å². The van der Waals surface area contributed by atoms with Gasteiger partial charge in [-0.15, -0.1) is 34.9 Å². The summed E-state index contributed by atoms with van der Waals surface area (Å²) in [5.41, 5.74) is 8.62. The average Bonchev–Trinajstić information content (AvgIpc) is 3.24. The molecule has 4 aromatic carbocycles. The van der Waals surface area contributed by atoms with E-state index in [1.54, 1.807) is 6.07 Å². The third-order valence-electron chi connectivity index (χ3n) is 6.79. The van der Waals surface area contributed by atoms with Gasteiger partial charge in [0.25, 0.3) is 0 Å². The Hall–Kier alpha value is -3.79. The van der Waals surface area contributed by atoms with Crippen molar-refractivity contribution in [2.24, 2.45) is 7.05 Å². The number of hydrogen-bond acceptors (Lipinski definition) is 3. The second-order valence-electron chi connectivity index (χ2n) is 10.0. The van der Waals surface area contributed by atoms with Crippen LogP contribution in [0.5, 0.6) is 5.75 Å². The molecule has 0 spiro atoms. The molecule has 0 fully saturated rings. The number of pyridine rings is 1. The number of aromatic hydroxyl groups is 1. The van der Waals surface area contributed by atoms with Crippen LogP contribution in [0.25, 0.3) is 44.5 Å². The number of hydrogen-bond donors (Lipinski definition) is 1. The maximum atomic E-state index is 9.86. The van der Waals surface area contributed by atoms with Crippen LogP contribution in [0.4, 0.5) is 0 Å². The predicted molar refractivity (Wildman–Crippen MR) is 157 cm³/mol. The summed E-state index contributed by atoms with van der Waals surface area (Å²) in [5.74, 6) is 1.56. The van der Waals surface area contributed by atoms with Gasteiger partial charge in [0.1, 0.15) is 11.6 Å². The van der Waals surface area contributed by atoms with Crippen LogP contribution in [-0.4, -0.2) is 19.6 Å². The number of aryl methyl sites for hydroxylation is 3. The molecule has 0 aliphatic carbocycles. The Morgan fingerprint density at radius 3 is 2.33 bits per heavy atom. The molecule has 0 atom stereocenters. The zero-order valence-corrected chi connectivity index (χ0v) is 25.3. The fraction of sp³-hybridized carbons (Fsp3) is 0.176. The first-order chi connectivity index (χ1) is 18.3. The Balaban J connectivity index is 0.000000180. The second-order valence-corrected chi connectivity index (χ2v) is 10.0. The normalized spacial score (nSPS) is 10.8. The van der Waals surface area contributed by atoms with Gasteiger partial charge in [0.2, 0.25) is 0 Å².